The van der Waals surface area contributed by atoms with Gasteiger partial charge < -0.3 is 14.7 Å². The molecule has 0 spiro atoms. The number of nitrogens with zero attached hydrogens (tertiary/aromatic N) is 1. The van der Waals surface area contributed by atoms with Crippen molar-refractivity contribution in [2.75, 3.05) is 19.8 Å². The number of morpholine rings is 1. The summed E-state index contributed by atoms with van der Waals surface area (Å²) >= 11 is 4.74. The first-order valence-corrected chi connectivity index (χ1v) is 7.09. The molecule has 0 bridgehead atoms. The SMILES string of the molecule is O=C(O)CC1COCCN1C(=O)c1csc(Br)c1. The third-order valence-corrected chi connectivity index (χ3v) is 4.22. The molecule has 1 aliphatic rings. The van der Waals surface area contributed by atoms with Crippen LogP contribution in [0.25, 0.3) is 0 Å². The van der Waals surface area contributed by atoms with Gasteiger partial charge in [0.15, 0.2) is 0 Å². The summed E-state index contributed by atoms with van der Waals surface area (Å²) in [6.07, 6.45) is -0.0863. The van der Waals surface area contributed by atoms with E-state index in [2.05, 4.69) is 15.9 Å². The Balaban J connectivity index is 2.13. The van der Waals surface area contributed by atoms with Crippen LogP contribution >= 0.6 is 27.3 Å². The maximum Gasteiger partial charge on any atom is 0.305 e. The average Bonchev–Trinajstić information content (AvgIpc) is 2.75. The lowest BCUT2D eigenvalue weighted by molar-refractivity contribution is -0.139. The Bertz CT molecular complexity index is 462. The lowest BCUT2D eigenvalue weighted by atomic mass is 10.1. The second-order valence-electron chi connectivity index (χ2n) is 3.96. The monoisotopic (exact) mass is 333 g/mol. The molecule has 1 saturated heterocycles. The maximum absolute atomic E-state index is 12.3. The predicted molar refractivity (Wildman–Crippen MR) is 69.9 cm³/mol. The van der Waals surface area contributed by atoms with Gasteiger partial charge in [-0.2, -0.15) is 0 Å². The summed E-state index contributed by atoms with van der Waals surface area (Å²) in [6.45, 7) is 1.17. The number of carboxylic acid groups (broad SMARTS) is 1. The molecule has 2 heterocycles. The highest BCUT2D eigenvalue weighted by molar-refractivity contribution is 9.11. The second-order valence-corrected chi connectivity index (χ2v) is 6.26. The Hall–Kier alpha value is -0.920. The van der Waals surface area contributed by atoms with Gasteiger partial charge in [-0.3, -0.25) is 9.59 Å². The summed E-state index contributed by atoms with van der Waals surface area (Å²) in [5.41, 5.74) is 0.587. The summed E-state index contributed by atoms with van der Waals surface area (Å²) in [6, 6.07) is 1.36. The van der Waals surface area contributed by atoms with Gasteiger partial charge in [0, 0.05) is 11.9 Å². The second kappa shape index (κ2) is 5.81. The molecule has 1 atom stereocenters. The molecule has 5 nitrogen and oxygen atoms in total. The summed E-state index contributed by atoms with van der Waals surface area (Å²) in [7, 11) is 0. The van der Waals surface area contributed by atoms with Crippen molar-refractivity contribution in [1.82, 2.24) is 4.90 Å². The average molecular weight is 334 g/mol. The number of thiophene rings is 1. The van der Waals surface area contributed by atoms with Crippen molar-refractivity contribution in [1.29, 1.82) is 0 Å². The highest BCUT2D eigenvalue weighted by Gasteiger charge is 2.30. The van der Waals surface area contributed by atoms with E-state index in [1.54, 1.807) is 16.3 Å². The van der Waals surface area contributed by atoms with Crippen LogP contribution < -0.4 is 0 Å². The lowest BCUT2D eigenvalue weighted by Gasteiger charge is -2.34. The molecule has 1 amide bonds. The number of hydrogen-bond acceptors (Lipinski definition) is 4. The zero-order valence-electron chi connectivity index (χ0n) is 9.47. The zero-order valence-corrected chi connectivity index (χ0v) is 11.9. The van der Waals surface area contributed by atoms with E-state index in [0.29, 0.717) is 18.7 Å². The van der Waals surface area contributed by atoms with Gasteiger partial charge in [0.05, 0.1) is 35.0 Å². The maximum atomic E-state index is 12.3. The molecule has 18 heavy (non-hydrogen) atoms. The van der Waals surface area contributed by atoms with Gasteiger partial charge in [0.2, 0.25) is 0 Å². The fourth-order valence-electron chi connectivity index (χ4n) is 1.88. The van der Waals surface area contributed by atoms with Crippen LogP contribution in [0.2, 0.25) is 0 Å². The summed E-state index contributed by atoms with van der Waals surface area (Å²) in [5, 5.41) is 10.6. The van der Waals surface area contributed by atoms with Crippen LogP contribution in [0.4, 0.5) is 0 Å². The molecule has 1 aliphatic heterocycles. The fraction of sp³-hybridized carbons (Fsp3) is 0.455. The molecule has 1 aromatic rings. The van der Waals surface area contributed by atoms with Crippen LogP contribution in [0.3, 0.4) is 0 Å². The first-order valence-electron chi connectivity index (χ1n) is 5.42. The van der Waals surface area contributed by atoms with Crippen molar-refractivity contribution in [2.45, 2.75) is 12.5 Å². The molecule has 0 aliphatic carbocycles. The fourth-order valence-corrected chi connectivity index (χ4v) is 3.01. The first-order chi connectivity index (χ1) is 8.58. The molecule has 0 saturated carbocycles. The number of halogens is 1. The van der Waals surface area contributed by atoms with Crippen molar-refractivity contribution in [3.05, 3.63) is 20.8 Å². The number of ether oxygens (including phenoxy) is 1. The van der Waals surface area contributed by atoms with Gasteiger partial charge in [-0.05, 0) is 22.0 Å². The molecule has 1 N–H and O–H groups in total. The molecule has 1 fully saturated rings. The minimum absolute atomic E-state index is 0.0863. The van der Waals surface area contributed by atoms with Crippen LogP contribution in [0, 0.1) is 0 Å². The largest absolute Gasteiger partial charge is 0.481 e. The molecule has 1 unspecified atom stereocenters. The highest BCUT2D eigenvalue weighted by Crippen LogP contribution is 2.23. The van der Waals surface area contributed by atoms with Crippen molar-refractivity contribution >= 4 is 39.1 Å². The first kappa shape index (κ1) is 13.5. The van der Waals surface area contributed by atoms with E-state index >= 15 is 0 Å². The van der Waals surface area contributed by atoms with Crippen molar-refractivity contribution in [2.24, 2.45) is 0 Å². The third-order valence-electron chi connectivity index (χ3n) is 2.71. The number of amides is 1. The van der Waals surface area contributed by atoms with Crippen LogP contribution in [0.15, 0.2) is 15.2 Å². The molecule has 0 aromatic carbocycles. The third kappa shape index (κ3) is 3.09. The summed E-state index contributed by atoms with van der Waals surface area (Å²) in [4.78, 5) is 24.6. The number of carboxylic acids is 1. The van der Waals surface area contributed by atoms with Crippen molar-refractivity contribution < 1.29 is 19.4 Å². The Morgan fingerprint density at radius 3 is 3.00 bits per heavy atom. The smallest absolute Gasteiger partial charge is 0.305 e. The van der Waals surface area contributed by atoms with E-state index in [9.17, 15) is 9.59 Å². The van der Waals surface area contributed by atoms with Crippen molar-refractivity contribution in [3.63, 3.8) is 0 Å². The Morgan fingerprint density at radius 1 is 1.61 bits per heavy atom. The molecular weight excluding hydrogens is 322 g/mol. The number of hydrogen-bond donors (Lipinski definition) is 1. The number of aliphatic carboxylic acids is 1. The van der Waals surface area contributed by atoms with Gasteiger partial charge in [0.1, 0.15) is 0 Å². The van der Waals surface area contributed by atoms with E-state index < -0.39 is 5.97 Å². The minimum Gasteiger partial charge on any atom is -0.481 e. The van der Waals surface area contributed by atoms with Gasteiger partial charge in [0.25, 0.3) is 5.91 Å². The lowest BCUT2D eigenvalue weighted by Crippen LogP contribution is -2.49. The van der Waals surface area contributed by atoms with E-state index in [1.807, 2.05) is 0 Å². The number of carbonyl (C=O) groups excluding carboxylic acids is 1. The predicted octanol–water partition coefficient (Wildman–Crippen LogP) is 1.83. The van der Waals surface area contributed by atoms with Crippen LogP contribution in [-0.4, -0.2) is 47.7 Å². The van der Waals surface area contributed by atoms with Crippen LogP contribution in [0.5, 0.6) is 0 Å². The van der Waals surface area contributed by atoms with Gasteiger partial charge >= 0.3 is 5.97 Å². The van der Waals surface area contributed by atoms with Gasteiger partial charge in [-0.25, -0.2) is 0 Å². The number of carbonyl (C=O) groups is 2. The van der Waals surface area contributed by atoms with Crippen LogP contribution in [0.1, 0.15) is 16.8 Å². The van der Waals surface area contributed by atoms with E-state index in [4.69, 9.17) is 9.84 Å². The zero-order chi connectivity index (χ0) is 13.1. The Labute approximate surface area is 116 Å². The minimum atomic E-state index is -0.921. The van der Waals surface area contributed by atoms with E-state index in [-0.39, 0.29) is 25.0 Å². The van der Waals surface area contributed by atoms with E-state index in [0.717, 1.165) is 3.79 Å². The Morgan fingerprint density at radius 2 is 2.39 bits per heavy atom. The molecule has 1 aromatic heterocycles. The topological polar surface area (TPSA) is 66.8 Å². The summed E-state index contributed by atoms with van der Waals surface area (Å²) in [5.74, 6) is -1.05. The van der Waals surface area contributed by atoms with Crippen LogP contribution in [-0.2, 0) is 9.53 Å². The standard InChI is InChI=1S/C11H12BrNO4S/c12-9-3-7(6-18-9)11(16)13-1-2-17-5-8(13)4-10(14)15/h3,6,8H,1-2,4-5H2,(H,14,15). The van der Waals surface area contributed by atoms with E-state index in [1.165, 1.54) is 11.3 Å². The molecule has 0 radical (unpaired) electrons. The van der Waals surface area contributed by atoms with Gasteiger partial charge in [-0.15, -0.1) is 11.3 Å². The van der Waals surface area contributed by atoms with Crippen molar-refractivity contribution in [3.8, 4) is 0 Å². The highest BCUT2D eigenvalue weighted by atomic mass is 79.9. The Kier molecular flexibility index (Phi) is 4.36. The molecule has 98 valence electrons. The van der Waals surface area contributed by atoms with Gasteiger partial charge in [-0.1, -0.05) is 0 Å². The molecule has 7 heteroatoms. The summed E-state index contributed by atoms with van der Waals surface area (Å²) < 4.78 is 6.12. The molecular formula is C11H12BrNO4S. The normalized spacial score (nSPS) is 19.8. The quantitative estimate of drug-likeness (QED) is 0.916. The molecule has 2 rings (SSSR count). The number of rotatable bonds is 3.